The van der Waals surface area contributed by atoms with Gasteiger partial charge in [0.2, 0.25) is 0 Å². The molecule has 5 heterocycles. The van der Waals surface area contributed by atoms with Crippen molar-refractivity contribution < 1.29 is 23.8 Å². The molecule has 0 aromatic rings. The van der Waals surface area contributed by atoms with Crippen molar-refractivity contribution in [2.45, 2.75) is 81.9 Å². The molecule has 0 aliphatic carbocycles. The van der Waals surface area contributed by atoms with Crippen LogP contribution in [0.3, 0.4) is 0 Å². The Bertz CT molecular complexity index is 608. The molecule has 5 aliphatic rings. The van der Waals surface area contributed by atoms with E-state index in [4.69, 9.17) is 14.2 Å². The molecule has 5 fully saturated rings. The normalized spacial score (nSPS) is 53.5. The lowest BCUT2D eigenvalue weighted by Gasteiger charge is -2.48. The Hall–Kier alpha value is -1.14. The highest BCUT2D eigenvalue weighted by molar-refractivity contribution is 5.75. The predicted molar refractivity (Wildman–Crippen MR) is 82.8 cm³/mol. The number of nitrogens with zero attached hydrogens (tertiary/aromatic N) is 1. The fourth-order valence-electron chi connectivity index (χ4n) is 5.87. The second-order valence-corrected chi connectivity index (χ2v) is 8.45. The first kappa shape index (κ1) is 15.1. The van der Waals surface area contributed by atoms with Gasteiger partial charge in [0.05, 0.1) is 17.9 Å². The summed E-state index contributed by atoms with van der Waals surface area (Å²) in [4.78, 5) is 26.4. The molecular formula is C18H25NO5. The van der Waals surface area contributed by atoms with Crippen LogP contribution in [0.25, 0.3) is 0 Å². The van der Waals surface area contributed by atoms with E-state index in [2.05, 4.69) is 4.90 Å². The van der Waals surface area contributed by atoms with Gasteiger partial charge in [-0.3, -0.25) is 14.5 Å². The molecule has 0 saturated carbocycles. The Morgan fingerprint density at radius 1 is 1.08 bits per heavy atom. The van der Waals surface area contributed by atoms with Gasteiger partial charge in [-0.2, -0.15) is 0 Å². The van der Waals surface area contributed by atoms with Gasteiger partial charge in [-0.25, -0.2) is 0 Å². The predicted octanol–water partition coefficient (Wildman–Crippen LogP) is 1.61. The van der Waals surface area contributed by atoms with Gasteiger partial charge in [0.25, 0.3) is 0 Å². The smallest absolute Gasteiger partial charge is 0.309 e. The summed E-state index contributed by atoms with van der Waals surface area (Å²) in [6.07, 6.45) is 5.29. The highest BCUT2D eigenvalue weighted by atomic mass is 16.6. The van der Waals surface area contributed by atoms with Crippen LogP contribution in [0.5, 0.6) is 0 Å². The fraction of sp³-hybridized carbons (Fsp3) is 0.889. The minimum Gasteiger partial charge on any atom is -0.460 e. The van der Waals surface area contributed by atoms with Gasteiger partial charge in [-0.05, 0) is 32.1 Å². The second-order valence-electron chi connectivity index (χ2n) is 8.45. The summed E-state index contributed by atoms with van der Waals surface area (Å²) in [5.41, 5.74) is -1.02. The standard InChI is InChI=1S/C18H25NO5/c1-10-7-14(22-15(10)20)13-4-6-18-17(8-11(2)16(21)24-17)5-3-12(23-18)9-19(13)18/h10-14H,3-9H2,1-2H3. The van der Waals surface area contributed by atoms with Gasteiger partial charge in [-0.1, -0.05) is 13.8 Å². The molecule has 2 bridgehead atoms. The Kier molecular flexibility index (Phi) is 2.98. The maximum atomic E-state index is 12.2. The Morgan fingerprint density at radius 3 is 2.58 bits per heavy atom. The molecule has 6 heteroatoms. The molecule has 6 nitrogen and oxygen atoms in total. The number of carbonyl (C=O) groups is 2. The van der Waals surface area contributed by atoms with Gasteiger partial charge in [0, 0.05) is 19.0 Å². The maximum Gasteiger partial charge on any atom is 0.309 e. The van der Waals surface area contributed by atoms with E-state index >= 15 is 0 Å². The molecule has 7 unspecified atom stereocenters. The highest BCUT2D eigenvalue weighted by Crippen LogP contribution is 2.59. The zero-order valence-corrected chi connectivity index (χ0v) is 14.3. The number of hydrogen-bond donors (Lipinski definition) is 0. The first-order valence-electron chi connectivity index (χ1n) is 9.32. The van der Waals surface area contributed by atoms with E-state index < -0.39 is 11.3 Å². The van der Waals surface area contributed by atoms with Crippen molar-refractivity contribution in [1.29, 1.82) is 0 Å². The molecule has 24 heavy (non-hydrogen) atoms. The van der Waals surface area contributed by atoms with Crippen LogP contribution in [0, 0.1) is 11.8 Å². The summed E-state index contributed by atoms with van der Waals surface area (Å²) in [5.74, 6) is -0.264. The molecular weight excluding hydrogens is 310 g/mol. The largest absolute Gasteiger partial charge is 0.460 e. The molecule has 132 valence electrons. The van der Waals surface area contributed by atoms with Gasteiger partial charge in [0.15, 0.2) is 11.3 Å². The number of esters is 2. The van der Waals surface area contributed by atoms with E-state index in [0.29, 0.717) is 0 Å². The van der Waals surface area contributed by atoms with Crippen molar-refractivity contribution >= 4 is 11.9 Å². The molecule has 5 rings (SSSR count). The number of carbonyl (C=O) groups excluding carboxylic acids is 2. The first-order valence-corrected chi connectivity index (χ1v) is 9.32. The van der Waals surface area contributed by atoms with E-state index in [1.54, 1.807) is 0 Å². The lowest BCUT2D eigenvalue weighted by Crippen LogP contribution is -2.62. The summed E-state index contributed by atoms with van der Waals surface area (Å²) in [7, 11) is 0. The van der Waals surface area contributed by atoms with E-state index in [1.807, 2.05) is 13.8 Å². The van der Waals surface area contributed by atoms with Crippen molar-refractivity contribution in [3.8, 4) is 0 Å². The Labute approximate surface area is 141 Å². The lowest BCUT2D eigenvalue weighted by atomic mass is 9.78. The third kappa shape index (κ3) is 1.74. The van der Waals surface area contributed by atoms with Crippen LogP contribution in [-0.2, 0) is 23.8 Å². The summed E-state index contributed by atoms with van der Waals surface area (Å²) in [6, 6.07) is 0.188. The Morgan fingerprint density at radius 2 is 1.92 bits per heavy atom. The van der Waals surface area contributed by atoms with Crippen LogP contribution in [0.15, 0.2) is 0 Å². The van der Waals surface area contributed by atoms with E-state index in [0.717, 1.165) is 45.1 Å². The van der Waals surface area contributed by atoms with Gasteiger partial charge in [-0.15, -0.1) is 0 Å². The fourth-order valence-corrected chi connectivity index (χ4v) is 5.87. The zero-order valence-electron chi connectivity index (χ0n) is 14.3. The minimum atomic E-state index is -0.514. The summed E-state index contributed by atoms with van der Waals surface area (Å²) < 4.78 is 18.1. The van der Waals surface area contributed by atoms with E-state index in [-0.39, 0.29) is 42.0 Å². The minimum absolute atomic E-state index is 0.0206. The van der Waals surface area contributed by atoms with Crippen LogP contribution >= 0.6 is 0 Å². The molecule has 0 aromatic carbocycles. The van der Waals surface area contributed by atoms with Crippen molar-refractivity contribution in [2.24, 2.45) is 11.8 Å². The topological polar surface area (TPSA) is 65.1 Å². The molecule has 5 saturated heterocycles. The number of rotatable bonds is 1. The van der Waals surface area contributed by atoms with Crippen LogP contribution in [0.1, 0.15) is 52.4 Å². The van der Waals surface area contributed by atoms with Crippen molar-refractivity contribution in [3.63, 3.8) is 0 Å². The van der Waals surface area contributed by atoms with E-state index in [1.165, 1.54) is 0 Å². The first-order chi connectivity index (χ1) is 11.4. The quantitative estimate of drug-likeness (QED) is 0.679. The molecule has 2 spiro atoms. The van der Waals surface area contributed by atoms with Gasteiger partial charge >= 0.3 is 11.9 Å². The maximum absolute atomic E-state index is 12.2. The summed E-state index contributed by atoms with van der Waals surface area (Å²) >= 11 is 0. The van der Waals surface area contributed by atoms with Gasteiger partial charge in [0.1, 0.15) is 6.10 Å². The average molecular weight is 335 g/mol. The van der Waals surface area contributed by atoms with Crippen LogP contribution in [0.4, 0.5) is 0 Å². The molecule has 0 amide bonds. The number of ether oxygens (including phenoxy) is 3. The average Bonchev–Trinajstić information content (AvgIpc) is 3.20. The third-order valence-electron chi connectivity index (χ3n) is 7.01. The lowest BCUT2D eigenvalue weighted by molar-refractivity contribution is -0.246. The van der Waals surface area contributed by atoms with Crippen LogP contribution in [-0.4, -0.2) is 53.0 Å². The van der Waals surface area contributed by atoms with Crippen molar-refractivity contribution in [3.05, 3.63) is 0 Å². The highest BCUT2D eigenvalue weighted by Gasteiger charge is 2.72. The van der Waals surface area contributed by atoms with E-state index in [9.17, 15) is 9.59 Å². The molecule has 5 aliphatic heterocycles. The van der Waals surface area contributed by atoms with Crippen LogP contribution < -0.4 is 0 Å². The summed E-state index contributed by atoms with van der Waals surface area (Å²) in [5, 5.41) is 0. The second kappa shape index (κ2) is 4.73. The number of cyclic esters (lactones) is 1. The van der Waals surface area contributed by atoms with Gasteiger partial charge < -0.3 is 14.2 Å². The molecule has 0 radical (unpaired) electrons. The monoisotopic (exact) mass is 335 g/mol. The third-order valence-corrected chi connectivity index (χ3v) is 7.01. The van der Waals surface area contributed by atoms with Crippen molar-refractivity contribution in [1.82, 2.24) is 4.90 Å². The number of hydrogen-bond acceptors (Lipinski definition) is 6. The van der Waals surface area contributed by atoms with Crippen LogP contribution in [0.2, 0.25) is 0 Å². The Balaban J connectivity index is 1.48. The molecule has 7 atom stereocenters. The zero-order chi connectivity index (χ0) is 16.7. The molecule has 0 N–H and O–H groups in total. The molecule has 0 aromatic heterocycles. The SMILES string of the molecule is CC1CC(C2CCC34OC(CCC35CC(C)C(=O)O5)CN24)OC1=O. The summed E-state index contributed by atoms with van der Waals surface area (Å²) in [6.45, 7) is 4.75. The van der Waals surface area contributed by atoms with Crippen molar-refractivity contribution in [2.75, 3.05) is 6.54 Å². The number of fused-ring (bicyclic) bond motifs is 1.